The number of halogens is 1. The minimum atomic E-state index is -0.113. The number of nitrogens with zero attached hydrogens (tertiary/aromatic N) is 3. The van der Waals surface area contributed by atoms with Crippen LogP contribution in [0.4, 0.5) is 0 Å². The lowest BCUT2D eigenvalue weighted by atomic mass is 10.2. The van der Waals surface area contributed by atoms with E-state index < -0.39 is 0 Å². The van der Waals surface area contributed by atoms with Crippen molar-refractivity contribution in [2.75, 3.05) is 12.3 Å². The molecular weight excluding hydrogens is 382 g/mol. The average molecular weight is 400 g/mol. The molecule has 1 saturated heterocycles. The fourth-order valence-electron chi connectivity index (χ4n) is 3.25. The molecule has 0 spiro atoms. The smallest absolute Gasteiger partial charge is 0.261 e. The first-order valence-corrected chi connectivity index (χ1v) is 10.2. The molecule has 0 radical (unpaired) electrons. The zero-order chi connectivity index (χ0) is 18.8. The van der Waals surface area contributed by atoms with Gasteiger partial charge in [-0.15, -0.1) is 11.8 Å². The molecule has 1 aliphatic heterocycles. The van der Waals surface area contributed by atoms with Crippen molar-refractivity contribution in [2.45, 2.75) is 18.3 Å². The first kappa shape index (κ1) is 18.1. The van der Waals surface area contributed by atoms with Crippen molar-refractivity contribution in [3.8, 4) is 0 Å². The summed E-state index contributed by atoms with van der Waals surface area (Å²) in [6.45, 7) is 1.03. The maximum absolute atomic E-state index is 12.8. The summed E-state index contributed by atoms with van der Waals surface area (Å²) in [7, 11) is 0. The van der Waals surface area contributed by atoms with Crippen LogP contribution >= 0.6 is 23.4 Å². The van der Waals surface area contributed by atoms with Gasteiger partial charge >= 0.3 is 0 Å². The SMILES string of the molecule is O=C(CCn1cnc2ccccc2c1=O)N1CCSC1c1ccc(Cl)cc1. The number of benzene rings is 2. The number of fused-ring (bicyclic) bond motifs is 1. The lowest BCUT2D eigenvalue weighted by Gasteiger charge is -2.24. The highest BCUT2D eigenvalue weighted by Gasteiger charge is 2.30. The molecule has 0 aliphatic carbocycles. The largest absolute Gasteiger partial charge is 0.326 e. The van der Waals surface area contributed by atoms with Crippen LogP contribution in [-0.2, 0) is 11.3 Å². The summed E-state index contributed by atoms with van der Waals surface area (Å²) in [6.07, 6.45) is 1.79. The fourth-order valence-corrected chi connectivity index (χ4v) is 4.66. The molecular formula is C20H18ClN3O2S. The van der Waals surface area contributed by atoms with Gasteiger partial charge in [-0.05, 0) is 29.8 Å². The van der Waals surface area contributed by atoms with Crippen LogP contribution in [0.1, 0.15) is 17.4 Å². The van der Waals surface area contributed by atoms with Gasteiger partial charge in [0.2, 0.25) is 5.91 Å². The lowest BCUT2D eigenvalue weighted by molar-refractivity contribution is -0.131. The number of carbonyl (C=O) groups excluding carboxylic acids is 1. The molecule has 0 saturated carbocycles. The van der Waals surface area contributed by atoms with Crippen LogP contribution in [0.3, 0.4) is 0 Å². The number of hydrogen-bond acceptors (Lipinski definition) is 4. The summed E-state index contributed by atoms with van der Waals surface area (Å²) >= 11 is 7.71. The molecule has 1 aliphatic rings. The Morgan fingerprint density at radius 3 is 2.78 bits per heavy atom. The second kappa shape index (κ2) is 7.74. The number of rotatable bonds is 4. The molecule has 2 heterocycles. The number of aromatic nitrogens is 2. The van der Waals surface area contributed by atoms with Crippen LogP contribution in [0.15, 0.2) is 59.7 Å². The maximum Gasteiger partial charge on any atom is 0.261 e. The Morgan fingerprint density at radius 1 is 1.19 bits per heavy atom. The number of para-hydroxylation sites is 1. The van der Waals surface area contributed by atoms with Crippen LogP contribution < -0.4 is 5.56 Å². The molecule has 1 aromatic heterocycles. The van der Waals surface area contributed by atoms with Crippen molar-refractivity contribution in [1.82, 2.24) is 14.5 Å². The van der Waals surface area contributed by atoms with Crippen LogP contribution in [0.2, 0.25) is 5.02 Å². The van der Waals surface area contributed by atoms with Crippen molar-refractivity contribution < 1.29 is 4.79 Å². The van der Waals surface area contributed by atoms with Crippen molar-refractivity contribution in [2.24, 2.45) is 0 Å². The predicted molar refractivity (Wildman–Crippen MR) is 109 cm³/mol. The van der Waals surface area contributed by atoms with Gasteiger partial charge in [-0.1, -0.05) is 35.9 Å². The number of amides is 1. The highest BCUT2D eigenvalue weighted by Crippen LogP contribution is 2.38. The van der Waals surface area contributed by atoms with Gasteiger partial charge in [0.1, 0.15) is 5.37 Å². The molecule has 1 unspecified atom stereocenters. The van der Waals surface area contributed by atoms with Crippen LogP contribution in [0.5, 0.6) is 0 Å². The summed E-state index contributed by atoms with van der Waals surface area (Å²) < 4.78 is 1.51. The van der Waals surface area contributed by atoms with E-state index in [1.807, 2.05) is 47.4 Å². The summed E-state index contributed by atoms with van der Waals surface area (Å²) in [6, 6.07) is 14.9. The minimum absolute atomic E-state index is 0.00113. The second-order valence-electron chi connectivity index (χ2n) is 6.37. The van der Waals surface area contributed by atoms with Gasteiger partial charge in [-0.3, -0.25) is 14.2 Å². The average Bonchev–Trinajstić information content (AvgIpc) is 3.18. The normalized spacial score (nSPS) is 16.8. The van der Waals surface area contributed by atoms with Crippen molar-refractivity contribution in [1.29, 1.82) is 0 Å². The van der Waals surface area contributed by atoms with E-state index in [4.69, 9.17) is 11.6 Å². The van der Waals surface area contributed by atoms with Gasteiger partial charge in [0, 0.05) is 30.3 Å². The highest BCUT2D eigenvalue weighted by atomic mass is 35.5. The van der Waals surface area contributed by atoms with Crippen LogP contribution in [-0.4, -0.2) is 32.7 Å². The first-order valence-electron chi connectivity index (χ1n) is 8.74. The number of carbonyl (C=O) groups is 1. The maximum atomic E-state index is 12.8. The molecule has 138 valence electrons. The van der Waals surface area contributed by atoms with Crippen molar-refractivity contribution >= 4 is 40.2 Å². The summed E-state index contributed by atoms with van der Waals surface area (Å²) in [5.41, 5.74) is 1.63. The van der Waals surface area contributed by atoms with Crippen molar-refractivity contribution in [3.63, 3.8) is 0 Å². The number of thioether (sulfide) groups is 1. The van der Waals surface area contributed by atoms with E-state index in [9.17, 15) is 9.59 Å². The molecule has 3 aromatic rings. The number of hydrogen-bond donors (Lipinski definition) is 0. The third kappa shape index (κ3) is 3.73. The monoisotopic (exact) mass is 399 g/mol. The fraction of sp³-hybridized carbons (Fsp3) is 0.250. The third-order valence-electron chi connectivity index (χ3n) is 4.66. The number of aryl methyl sites for hydroxylation is 1. The van der Waals surface area contributed by atoms with Crippen LogP contribution in [0.25, 0.3) is 10.9 Å². The topological polar surface area (TPSA) is 55.2 Å². The predicted octanol–water partition coefficient (Wildman–Crippen LogP) is 3.71. The van der Waals surface area contributed by atoms with E-state index >= 15 is 0 Å². The van der Waals surface area contributed by atoms with Gasteiger partial charge in [-0.25, -0.2) is 4.98 Å². The van der Waals surface area contributed by atoms with E-state index in [1.54, 1.807) is 17.8 Å². The lowest BCUT2D eigenvalue weighted by Crippen LogP contribution is -2.32. The molecule has 1 atom stereocenters. The Labute approximate surface area is 166 Å². The second-order valence-corrected chi connectivity index (χ2v) is 8.00. The van der Waals surface area contributed by atoms with E-state index in [-0.39, 0.29) is 23.3 Å². The van der Waals surface area contributed by atoms with Crippen LogP contribution in [0, 0.1) is 0 Å². The van der Waals surface area contributed by atoms with E-state index in [0.29, 0.717) is 29.0 Å². The molecule has 5 nitrogen and oxygen atoms in total. The van der Waals surface area contributed by atoms with Gasteiger partial charge < -0.3 is 4.90 Å². The summed E-state index contributed by atoms with van der Waals surface area (Å²) in [5.74, 6) is 0.941. The van der Waals surface area contributed by atoms with E-state index in [1.165, 1.54) is 10.9 Å². The third-order valence-corrected chi connectivity index (χ3v) is 6.18. The standard InChI is InChI=1S/C20H18ClN3O2S/c21-15-7-5-14(6-8-15)20-24(11-12-27-20)18(25)9-10-23-13-22-17-4-2-1-3-16(17)19(23)26/h1-8,13,20H,9-12H2. The molecule has 0 N–H and O–H groups in total. The summed E-state index contributed by atoms with van der Waals surface area (Å²) in [4.78, 5) is 31.5. The zero-order valence-electron chi connectivity index (χ0n) is 14.5. The highest BCUT2D eigenvalue weighted by molar-refractivity contribution is 7.99. The van der Waals surface area contributed by atoms with Gasteiger partial charge in [0.05, 0.1) is 17.2 Å². The molecule has 1 amide bonds. The summed E-state index contributed by atoms with van der Waals surface area (Å²) in [5, 5.41) is 1.26. The molecule has 7 heteroatoms. The molecule has 2 aromatic carbocycles. The Hall–Kier alpha value is -2.31. The molecule has 27 heavy (non-hydrogen) atoms. The first-order chi connectivity index (χ1) is 13.1. The molecule has 4 rings (SSSR count). The molecule has 0 bridgehead atoms. The van der Waals surface area contributed by atoms with Gasteiger partial charge in [0.15, 0.2) is 0 Å². The van der Waals surface area contributed by atoms with E-state index in [0.717, 1.165) is 11.3 Å². The zero-order valence-corrected chi connectivity index (χ0v) is 16.1. The Balaban J connectivity index is 1.48. The quantitative estimate of drug-likeness (QED) is 0.671. The minimum Gasteiger partial charge on any atom is -0.326 e. The van der Waals surface area contributed by atoms with Crippen molar-refractivity contribution in [3.05, 3.63) is 75.8 Å². The Bertz CT molecular complexity index is 1040. The Morgan fingerprint density at radius 2 is 1.96 bits per heavy atom. The Kier molecular flexibility index (Phi) is 5.18. The van der Waals surface area contributed by atoms with Gasteiger partial charge in [0.25, 0.3) is 5.56 Å². The molecule has 1 fully saturated rings. The van der Waals surface area contributed by atoms with Gasteiger partial charge in [-0.2, -0.15) is 0 Å². The van der Waals surface area contributed by atoms with E-state index in [2.05, 4.69) is 4.98 Å².